The van der Waals surface area contributed by atoms with E-state index in [0.717, 1.165) is 31.4 Å². The molecule has 1 aromatic carbocycles. The first-order valence-electron chi connectivity index (χ1n) is 6.99. The molecule has 7 heteroatoms. The molecule has 6 nitrogen and oxygen atoms in total. The van der Waals surface area contributed by atoms with Gasteiger partial charge in [0.25, 0.3) is 0 Å². The molecule has 0 atom stereocenters. The number of aromatic amines is 1. The summed E-state index contributed by atoms with van der Waals surface area (Å²) < 4.78 is 4.96. The van der Waals surface area contributed by atoms with Gasteiger partial charge in [0, 0.05) is 17.6 Å². The number of aromatic nitrogens is 2. The van der Waals surface area contributed by atoms with E-state index in [2.05, 4.69) is 15.5 Å². The average Bonchev–Trinajstić information content (AvgIpc) is 2.90. The molecule has 0 aliphatic heterocycles. The molecule has 112 valence electrons. The van der Waals surface area contributed by atoms with Crippen molar-refractivity contribution in [1.82, 2.24) is 10.2 Å². The van der Waals surface area contributed by atoms with E-state index in [9.17, 15) is 4.79 Å². The number of benzene rings is 1. The van der Waals surface area contributed by atoms with Crippen molar-refractivity contribution in [3.63, 3.8) is 0 Å². The fourth-order valence-electron chi connectivity index (χ4n) is 2.61. The number of hydrogen-bond acceptors (Lipinski definition) is 5. The van der Waals surface area contributed by atoms with Gasteiger partial charge in [-0.25, -0.2) is 9.89 Å². The van der Waals surface area contributed by atoms with Gasteiger partial charge in [0.05, 0.1) is 10.7 Å². The first-order valence-corrected chi connectivity index (χ1v) is 7.37. The third-order valence-corrected chi connectivity index (χ3v) is 4.11. The second-order valence-electron chi connectivity index (χ2n) is 5.37. The fourth-order valence-corrected chi connectivity index (χ4v) is 2.78. The van der Waals surface area contributed by atoms with Crippen molar-refractivity contribution in [1.29, 1.82) is 0 Å². The Morgan fingerprint density at radius 1 is 1.33 bits per heavy atom. The lowest BCUT2D eigenvalue weighted by atomic mass is 9.91. The standard InChI is InChI=1S/C14H17ClN4O2/c15-11-6-1-8(13-18-19-14(20)21-13)7-12(11)17-10-4-2-9(16)3-5-10/h1,6-7,9-10,17H,2-5,16H2,(H,19,20)/t9-,10-. The zero-order valence-corrected chi connectivity index (χ0v) is 12.2. The minimum Gasteiger partial charge on any atom is -0.388 e. The molecular weight excluding hydrogens is 292 g/mol. The summed E-state index contributed by atoms with van der Waals surface area (Å²) in [6.07, 6.45) is 4.09. The Morgan fingerprint density at radius 3 is 2.76 bits per heavy atom. The fraction of sp³-hybridized carbons (Fsp3) is 0.429. The summed E-state index contributed by atoms with van der Waals surface area (Å²) in [6.45, 7) is 0. The van der Waals surface area contributed by atoms with Crippen LogP contribution in [0.2, 0.25) is 5.02 Å². The van der Waals surface area contributed by atoms with Crippen LogP contribution in [0.3, 0.4) is 0 Å². The van der Waals surface area contributed by atoms with Gasteiger partial charge in [-0.1, -0.05) is 11.6 Å². The molecule has 1 aliphatic rings. The van der Waals surface area contributed by atoms with Gasteiger partial charge >= 0.3 is 5.76 Å². The number of nitrogens with one attached hydrogen (secondary N) is 2. The lowest BCUT2D eigenvalue weighted by molar-refractivity contribution is 0.411. The maximum absolute atomic E-state index is 11.0. The molecule has 1 aliphatic carbocycles. The van der Waals surface area contributed by atoms with E-state index in [0.29, 0.717) is 22.7 Å². The molecule has 0 saturated heterocycles. The van der Waals surface area contributed by atoms with E-state index in [1.165, 1.54) is 0 Å². The molecule has 0 unspecified atom stereocenters. The SMILES string of the molecule is N[C@H]1CC[C@H](Nc2cc(-c3n[nH]c(=O)o3)ccc2Cl)CC1. The summed E-state index contributed by atoms with van der Waals surface area (Å²) in [6, 6.07) is 6.05. The predicted molar refractivity (Wildman–Crippen MR) is 81.4 cm³/mol. The van der Waals surface area contributed by atoms with Gasteiger partial charge in [-0.15, -0.1) is 5.10 Å². The minimum absolute atomic E-state index is 0.255. The van der Waals surface area contributed by atoms with E-state index < -0.39 is 5.76 Å². The molecule has 0 radical (unpaired) electrons. The van der Waals surface area contributed by atoms with E-state index in [4.69, 9.17) is 21.8 Å². The molecule has 1 saturated carbocycles. The molecular formula is C14H17ClN4O2. The van der Waals surface area contributed by atoms with Crippen LogP contribution in [-0.4, -0.2) is 22.3 Å². The highest BCUT2D eigenvalue weighted by atomic mass is 35.5. The summed E-state index contributed by atoms with van der Waals surface area (Å²) in [5, 5.41) is 10.1. The molecule has 0 amide bonds. The maximum Gasteiger partial charge on any atom is 0.434 e. The number of anilines is 1. The average molecular weight is 309 g/mol. The van der Waals surface area contributed by atoms with Crippen LogP contribution in [0.5, 0.6) is 0 Å². The van der Waals surface area contributed by atoms with Gasteiger partial charge in [-0.2, -0.15) is 0 Å². The highest BCUT2D eigenvalue weighted by Crippen LogP contribution is 2.30. The van der Waals surface area contributed by atoms with Crippen LogP contribution in [0.25, 0.3) is 11.5 Å². The van der Waals surface area contributed by atoms with Crippen LogP contribution in [0.1, 0.15) is 25.7 Å². The second kappa shape index (κ2) is 5.91. The smallest absolute Gasteiger partial charge is 0.388 e. The zero-order valence-electron chi connectivity index (χ0n) is 11.4. The summed E-state index contributed by atoms with van der Waals surface area (Å²) in [5.74, 6) is -0.318. The van der Waals surface area contributed by atoms with E-state index in [-0.39, 0.29) is 5.89 Å². The Bertz CT molecular complexity index is 674. The van der Waals surface area contributed by atoms with E-state index in [1.54, 1.807) is 12.1 Å². The third kappa shape index (κ3) is 3.28. The van der Waals surface area contributed by atoms with Gasteiger partial charge < -0.3 is 15.5 Å². The zero-order chi connectivity index (χ0) is 14.8. The molecule has 1 aromatic heterocycles. The maximum atomic E-state index is 11.0. The number of rotatable bonds is 3. The summed E-state index contributed by atoms with van der Waals surface area (Å²) in [4.78, 5) is 11.0. The number of halogens is 1. The quantitative estimate of drug-likeness (QED) is 0.808. The lowest BCUT2D eigenvalue weighted by Crippen LogP contribution is -2.32. The van der Waals surface area contributed by atoms with Gasteiger partial charge in [-0.3, -0.25) is 0 Å². The normalized spacial score (nSPS) is 22.2. The van der Waals surface area contributed by atoms with Crippen molar-refractivity contribution < 1.29 is 4.42 Å². The van der Waals surface area contributed by atoms with Crippen molar-refractivity contribution in [2.75, 3.05) is 5.32 Å². The van der Waals surface area contributed by atoms with Gasteiger partial charge in [0.15, 0.2) is 0 Å². The molecule has 3 rings (SSSR count). The summed E-state index contributed by atoms with van der Waals surface area (Å²) in [5.41, 5.74) is 7.44. The number of nitrogens with zero attached hydrogens (tertiary/aromatic N) is 1. The topological polar surface area (TPSA) is 96.9 Å². The van der Waals surface area contributed by atoms with Crippen LogP contribution in [0.4, 0.5) is 5.69 Å². The van der Waals surface area contributed by atoms with Crippen LogP contribution in [-0.2, 0) is 0 Å². The molecule has 1 fully saturated rings. The minimum atomic E-state index is -0.573. The van der Waals surface area contributed by atoms with Crippen LogP contribution in [0, 0.1) is 0 Å². The molecule has 21 heavy (non-hydrogen) atoms. The molecule has 0 bridgehead atoms. The van der Waals surface area contributed by atoms with Crippen LogP contribution < -0.4 is 16.8 Å². The second-order valence-corrected chi connectivity index (χ2v) is 5.78. The van der Waals surface area contributed by atoms with Crippen molar-refractivity contribution >= 4 is 17.3 Å². The third-order valence-electron chi connectivity index (χ3n) is 3.78. The Kier molecular flexibility index (Phi) is 3.98. The Labute approximate surface area is 126 Å². The highest BCUT2D eigenvalue weighted by Gasteiger charge is 2.19. The van der Waals surface area contributed by atoms with Crippen molar-refractivity contribution in [3.05, 3.63) is 33.8 Å². The Morgan fingerprint density at radius 2 is 2.10 bits per heavy atom. The monoisotopic (exact) mass is 308 g/mol. The van der Waals surface area contributed by atoms with E-state index in [1.807, 2.05) is 6.07 Å². The van der Waals surface area contributed by atoms with Crippen molar-refractivity contribution in [3.8, 4) is 11.5 Å². The van der Waals surface area contributed by atoms with Gasteiger partial charge in [-0.05, 0) is 43.9 Å². The van der Waals surface area contributed by atoms with Crippen molar-refractivity contribution in [2.24, 2.45) is 5.73 Å². The number of nitrogens with two attached hydrogens (primary N) is 1. The first-order chi connectivity index (χ1) is 10.1. The summed E-state index contributed by atoms with van der Waals surface area (Å²) in [7, 11) is 0. The molecule has 1 heterocycles. The Balaban J connectivity index is 1.80. The molecule has 2 aromatic rings. The van der Waals surface area contributed by atoms with Crippen LogP contribution >= 0.6 is 11.6 Å². The summed E-state index contributed by atoms with van der Waals surface area (Å²) >= 11 is 6.23. The largest absolute Gasteiger partial charge is 0.434 e. The number of hydrogen-bond donors (Lipinski definition) is 3. The highest BCUT2D eigenvalue weighted by molar-refractivity contribution is 6.33. The van der Waals surface area contributed by atoms with E-state index >= 15 is 0 Å². The lowest BCUT2D eigenvalue weighted by Gasteiger charge is -2.28. The first kappa shape index (κ1) is 14.2. The molecule has 0 spiro atoms. The van der Waals surface area contributed by atoms with Gasteiger partial charge in [0.1, 0.15) is 0 Å². The van der Waals surface area contributed by atoms with Crippen molar-refractivity contribution in [2.45, 2.75) is 37.8 Å². The Hall–Kier alpha value is -1.79. The van der Waals surface area contributed by atoms with Gasteiger partial charge in [0.2, 0.25) is 5.89 Å². The number of H-pyrrole nitrogens is 1. The van der Waals surface area contributed by atoms with Crippen LogP contribution in [0.15, 0.2) is 27.4 Å². The predicted octanol–water partition coefficient (Wildman–Crippen LogP) is 2.37. The molecule has 4 N–H and O–H groups in total.